The SMILES string of the molecule is O.O.O.O.O=C(OO)c1cccc(Cl)c1.O=C(OO)c1cccc(Cl)c1.[MgH2]. The summed E-state index contributed by atoms with van der Waals surface area (Å²) >= 11 is 11.1. The molecule has 2 aromatic rings. The van der Waals surface area contributed by atoms with Crippen LogP contribution in [0.25, 0.3) is 0 Å². The second-order valence-corrected chi connectivity index (χ2v) is 4.65. The van der Waals surface area contributed by atoms with Crippen LogP contribution >= 0.6 is 23.2 Å². The maximum Gasteiger partial charge on any atom is 0.372 e. The number of hydrogen-bond acceptors (Lipinski definition) is 6. The first kappa shape index (κ1) is 36.4. The fraction of sp³-hybridized carbons (Fsp3) is 0. The topological polar surface area (TPSA) is 219 Å². The summed E-state index contributed by atoms with van der Waals surface area (Å²) in [5.74, 6) is -1.63. The molecule has 0 unspecified atom stereocenters. The Morgan fingerprint density at radius 3 is 1.22 bits per heavy atom. The lowest BCUT2D eigenvalue weighted by molar-refractivity contribution is -0.182. The minimum absolute atomic E-state index is 0. The Balaban J connectivity index is -0.000000101. The fourth-order valence-electron chi connectivity index (χ4n) is 1.34. The Morgan fingerprint density at radius 2 is 1.00 bits per heavy atom. The van der Waals surface area contributed by atoms with Crippen molar-refractivity contribution in [2.24, 2.45) is 0 Å². The molecule has 152 valence electrons. The highest BCUT2D eigenvalue weighted by atomic mass is 35.5. The van der Waals surface area contributed by atoms with Gasteiger partial charge in [-0.2, -0.15) is 10.5 Å². The van der Waals surface area contributed by atoms with E-state index in [1.807, 2.05) is 0 Å². The maximum absolute atomic E-state index is 10.6. The molecule has 0 aromatic heterocycles. The summed E-state index contributed by atoms with van der Waals surface area (Å²) in [5, 5.41) is 16.8. The van der Waals surface area contributed by atoms with Gasteiger partial charge in [-0.25, -0.2) is 9.59 Å². The quantitative estimate of drug-likeness (QED) is 0.361. The van der Waals surface area contributed by atoms with E-state index in [2.05, 4.69) is 9.78 Å². The van der Waals surface area contributed by atoms with Crippen LogP contribution < -0.4 is 0 Å². The van der Waals surface area contributed by atoms with E-state index < -0.39 is 11.9 Å². The molecule has 0 radical (unpaired) electrons. The van der Waals surface area contributed by atoms with Gasteiger partial charge in [0.2, 0.25) is 0 Å². The van der Waals surface area contributed by atoms with Crippen molar-refractivity contribution in [3.05, 3.63) is 69.7 Å². The van der Waals surface area contributed by atoms with E-state index >= 15 is 0 Å². The first-order chi connectivity index (χ1) is 10.5. The van der Waals surface area contributed by atoms with E-state index in [-0.39, 0.29) is 56.1 Å². The van der Waals surface area contributed by atoms with Crippen molar-refractivity contribution in [1.29, 1.82) is 0 Å². The number of rotatable bonds is 2. The molecule has 27 heavy (non-hydrogen) atoms. The maximum atomic E-state index is 10.6. The highest BCUT2D eigenvalue weighted by molar-refractivity contribution is 6.31. The van der Waals surface area contributed by atoms with Gasteiger partial charge in [-0.15, -0.1) is 0 Å². The van der Waals surface area contributed by atoms with Crippen LogP contribution in [-0.2, 0) is 9.78 Å². The Bertz CT molecular complexity index is 614. The molecule has 0 spiro atoms. The lowest BCUT2D eigenvalue weighted by Crippen LogP contribution is -2.00. The molecule has 0 fully saturated rings. The van der Waals surface area contributed by atoms with Crippen molar-refractivity contribution < 1.29 is 51.8 Å². The van der Waals surface area contributed by atoms with Crippen LogP contribution in [0, 0.1) is 0 Å². The van der Waals surface area contributed by atoms with E-state index in [4.69, 9.17) is 33.7 Å². The second-order valence-electron chi connectivity index (χ2n) is 3.78. The number of carbonyl (C=O) groups is 2. The van der Waals surface area contributed by atoms with Gasteiger partial charge in [0.15, 0.2) is 0 Å². The minimum atomic E-state index is -0.813. The summed E-state index contributed by atoms with van der Waals surface area (Å²) < 4.78 is 0. The Hall–Kier alpha value is -1.51. The Kier molecular flexibility index (Phi) is 26.0. The lowest BCUT2D eigenvalue weighted by Gasteiger charge is -1.95. The number of halogens is 2. The second kappa shape index (κ2) is 19.3. The van der Waals surface area contributed by atoms with Crippen molar-refractivity contribution in [3.63, 3.8) is 0 Å². The molecule has 0 heterocycles. The molecule has 0 aliphatic heterocycles. The van der Waals surface area contributed by atoms with Crippen LogP contribution in [0.2, 0.25) is 10.0 Å². The largest absolute Gasteiger partial charge is 0.412 e. The van der Waals surface area contributed by atoms with Gasteiger partial charge < -0.3 is 21.9 Å². The van der Waals surface area contributed by atoms with Crippen LogP contribution in [0.4, 0.5) is 0 Å². The zero-order valence-corrected chi connectivity index (χ0v) is 14.4. The monoisotopic (exact) mass is 442 g/mol. The molecular formula is C14H20Cl2MgO10. The molecule has 2 aromatic carbocycles. The predicted octanol–water partition coefficient (Wildman–Crippen LogP) is -0.275. The predicted molar refractivity (Wildman–Crippen MR) is 102 cm³/mol. The summed E-state index contributed by atoms with van der Waals surface area (Å²) in [7, 11) is 0. The molecule has 10 nitrogen and oxygen atoms in total. The van der Waals surface area contributed by atoms with Crippen LogP contribution in [0.5, 0.6) is 0 Å². The molecule has 0 amide bonds. The zero-order chi connectivity index (χ0) is 16.5. The van der Waals surface area contributed by atoms with Crippen LogP contribution in [0.3, 0.4) is 0 Å². The first-order valence-corrected chi connectivity index (χ1v) is 6.46. The number of hydrogen-bond donors (Lipinski definition) is 2. The van der Waals surface area contributed by atoms with Gasteiger partial charge in [-0.05, 0) is 36.4 Å². The summed E-state index contributed by atoms with van der Waals surface area (Å²) in [5.41, 5.74) is 0.444. The van der Waals surface area contributed by atoms with E-state index in [0.717, 1.165) is 0 Å². The summed E-state index contributed by atoms with van der Waals surface area (Å²) in [6, 6.07) is 12.2. The van der Waals surface area contributed by atoms with E-state index in [9.17, 15) is 9.59 Å². The minimum Gasteiger partial charge on any atom is -0.412 e. The van der Waals surface area contributed by atoms with Crippen molar-refractivity contribution in [3.8, 4) is 0 Å². The highest BCUT2D eigenvalue weighted by Crippen LogP contribution is 2.11. The molecular weight excluding hydrogens is 423 g/mol. The van der Waals surface area contributed by atoms with Gasteiger partial charge in [0.1, 0.15) is 0 Å². The Morgan fingerprint density at radius 1 is 0.704 bits per heavy atom. The molecule has 10 N–H and O–H groups in total. The Labute approximate surface area is 179 Å². The molecule has 0 atom stereocenters. The van der Waals surface area contributed by atoms with Crippen LogP contribution in [0.15, 0.2) is 48.5 Å². The third-order valence-electron chi connectivity index (χ3n) is 2.29. The average molecular weight is 444 g/mol. The number of benzene rings is 2. The lowest BCUT2D eigenvalue weighted by atomic mass is 10.2. The highest BCUT2D eigenvalue weighted by Gasteiger charge is 2.06. The van der Waals surface area contributed by atoms with Gasteiger partial charge >= 0.3 is 35.0 Å². The first-order valence-electron chi connectivity index (χ1n) is 5.70. The summed E-state index contributed by atoms with van der Waals surface area (Å²) in [6.07, 6.45) is 0. The molecule has 0 saturated carbocycles. The fourth-order valence-corrected chi connectivity index (χ4v) is 1.72. The van der Waals surface area contributed by atoms with Crippen molar-refractivity contribution in [2.45, 2.75) is 0 Å². The van der Waals surface area contributed by atoms with E-state index in [0.29, 0.717) is 10.0 Å². The smallest absolute Gasteiger partial charge is 0.372 e. The van der Waals surface area contributed by atoms with Gasteiger partial charge in [0.25, 0.3) is 0 Å². The molecule has 2 rings (SSSR count). The third-order valence-corrected chi connectivity index (χ3v) is 2.76. The van der Waals surface area contributed by atoms with Gasteiger partial charge in [-0.1, -0.05) is 35.3 Å². The molecule has 0 saturated heterocycles. The molecule has 0 aliphatic rings. The van der Waals surface area contributed by atoms with Crippen molar-refractivity contribution in [2.75, 3.05) is 0 Å². The average Bonchev–Trinajstić information content (AvgIpc) is 2.54. The van der Waals surface area contributed by atoms with Gasteiger partial charge in [0.05, 0.1) is 11.1 Å². The standard InChI is InChI=1S/2C7H5ClO3.Mg.4H2O.2H/c2*8-6-3-1-2-5(4-6)7(9)11-10;;;;;;;/h2*1-4,10H;;4*1H2;;. The summed E-state index contributed by atoms with van der Waals surface area (Å²) in [4.78, 5) is 28.3. The van der Waals surface area contributed by atoms with E-state index in [1.165, 1.54) is 24.3 Å². The van der Waals surface area contributed by atoms with Crippen molar-refractivity contribution >= 4 is 58.2 Å². The normalized spacial score (nSPS) is 7.56. The van der Waals surface area contributed by atoms with Crippen LogP contribution in [0.1, 0.15) is 20.7 Å². The van der Waals surface area contributed by atoms with Gasteiger partial charge in [-0.3, -0.25) is 9.78 Å². The zero-order valence-electron chi connectivity index (χ0n) is 12.9. The van der Waals surface area contributed by atoms with Gasteiger partial charge in [0, 0.05) is 10.0 Å². The van der Waals surface area contributed by atoms with Crippen molar-refractivity contribution in [1.82, 2.24) is 0 Å². The molecule has 0 aliphatic carbocycles. The van der Waals surface area contributed by atoms with E-state index in [1.54, 1.807) is 24.3 Å². The van der Waals surface area contributed by atoms with Crippen LogP contribution in [-0.4, -0.2) is 67.4 Å². The third kappa shape index (κ3) is 13.3. The number of carbonyl (C=O) groups excluding carboxylic acids is 2. The summed E-state index contributed by atoms with van der Waals surface area (Å²) in [6.45, 7) is 0. The molecule has 0 bridgehead atoms. The molecule has 13 heteroatoms.